The maximum atomic E-state index is 12.5. The van der Waals surface area contributed by atoms with Crippen LogP contribution in [0.2, 0.25) is 0 Å². The number of piperidine rings is 1. The van der Waals surface area contributed by atoms with E-state index in [9.17, 15) is 18.0 Å². The lowest BCUT2D eigenvalue weighted by Gasteiger charge is -2.29. The molecule has 1 fully saturated rings. The highest BCUT2D eigenvalue weighted by Gasteiger charge is 2.31. The zero-order valence-corrected chi connectivity index (χ0v) is 14.9. The number of carbonyl (C=O) groups is 1. The number of hydrogen-bond donors (Lipinski definition) is 1. The van der Waals surface area contributed by atoms with Gasteiger partial charge in [-0.05, 0) is 43.0 Å². The molecule has 0 unspecified atom stereocenters. The Morgan fingerprint density at radius 3 is 2.54 bits per heavy atom. The van der Waals surface area contributed by atoms with Crippen molar-refractivity contribution in [3.05, 3.63) is 35.3 Å². The van der Waals surface area contributed by atoms with E-state index in [0.29, 0.717) is 22.4 Å². The summed E-state index contributed by atoms with van der Waals surface area (Å²) in [5, 5.41) is 5.17. The molecule has 1 aliphatic heterocycles. The summed E-state index contributed by atoms with van der Waals surface area (Å²) >= 11 is 1.27. The van der Waals surface area contributed by atoms with Crippen molar-refractivity contribution in [2.24, 2.45) is 5.92 Å². The minimum absolute atomic E-state index is 0.0878. The van der Waals surface area contributed by atoms with Crippen molar-refractivity contribution < 1.29 is 22.7 Å². The van der Waals surface area contributed by atoms with Gasteiger partial charge in [0.05, 0.1) is 0 Å². The highest BCUT2D eigenvalue weighted by molar-refractivity contribution is 7.14. The van der Waals surface area contributed by atoms with Gasteiger partial charge in [0, 0.05) is 24.2 Å². The molecular formula is C17H18F3N3O2S. The third-order valence-electron chi connectivity index (χ3n) is 4.13. The van der Waals surface area contributed by atoms with Crippen molar-refractivity contribution >= 4 is 28.1 Å². The number of benzene rings is 1. The van der Waals surface area contributed by atoms with Gasteiger partial charge in [-0.3, -0.25) is 4.79 Å². The van der Waals surface area contributed by atoms with Gasteiger partial charge in [0.25, 0.3) is 5.91 Å². The number of rotatable bonds is 4. The highest BCUT2D eigenvalue weighted by atomic mass is 32.1. The molecule has 1 aromatic heterocycles. The Bertz CT molecular complexity index is 753. The number of alkyl halides is 3. The molecular weight excluding hydrogens is 367 g/mol. The summed E-state index contributed by atoms with van der Waals surface area (Å²) in [5.74, 6) is 0.253. The summed E-state index contributed by atoms with van der Waals surface area (Å²) in [6.07, 6.45) is -2.73. The molecule has 0 aliphatic carbocycles. The molecule has 0 bridgehead atoms. The third-order valence-corrected chi connectivity index (χ3v) is 4.89. The lowest BCUT2D eigenvalue weighted by atomic mass is 9.99. The van der Waals surface area contributed by atoms with Crippen molar-refractivity contribution in [2.75, 3.05) is 18.4 Å². The van der Waals surface area contributed by atoms with Gasteiger partial charge in [-0.25, -0.2) is 4.98 Å². The van der Waals surface area contributed by atoms with Crippen molar-refractivity contribution in [3.63, 3.8) is 0 Å². The van der Waals surface area contributed by atoms with Crippen LogP contribution in [0, 0.1) is 5.92 Å². The molecule has 5 nitrogen and oxygen atoms in total. The van der Waals surface area contributed by atoms with E-state index in [1.807, 2.05) is 4.90 Å². The van der Waals surface area contributed by atoms with E-state index in [2.05, 4.69) is 22.0 Å². The Balaban J connectivity index is 1.60. The zero-order chi connectivity index (χ0) is 18.7. The van der Waals surface area contributed by atoms with Crippen molar-refractivity contribution in [3.8, 4) is 5.75 Å². The second kappa shape index (κ2) is 7.53. The van der Waals surface area contributed by atoms with Crippen LogP contribution in [-0.4, -0.2) is 35.2 Å². The highest BCUT2D eigenvalue weighted by Crippen LogP contribution is 2.27. The Labute approximate surface area is 152 Å². The SMILES string of the molecule is CC1CCN(C(=O)c2csc(Nc3ccc(OC(F)(F)F)cc3)n2)CC1. The molecule has 1 saturated heterocycles. The Kier molecular flexibility index (Phi) is 5.36. The van der Waals surface area contributed by atoms with Crippen LogP contribution in [0.4, 0.5) is 24.0 Å². The Hall–Kier alpha value is -2.29. The number of nitrogens with zero attached hydrogens (tertiary/aromatic N) is 2. The van der Waals surface area contributed by atoms with Crippen LogP contribution in [0.3, 0.4) is 0 Å². The second-order valence-corrected chi connectivity index (χ2v) is 7.07. The first-order chi connectivity index (χ1) is 12.3. The zero-order valence-electron chi connectivity index (χ0n) is 14.0. The molecule has 9 heteroatoms. The summed E-state index contributed by atoms with van der Waals surface area (Å²) in [6, 6.07) is 5.33. The maximum absolute atomic E-state index is 12.5. The number of likely N-dealkylation sites (tertiary alicyclic amines) is 1. The number of nitrogens with one attached hydrogen (secondary N) is 1. The van der Waals surface area contributed by atoms with Gasteiger partial charge in [0.2, 0.25) is 0 Å². The van der Waals surface area contributed by atoms with E-state index in [0.717, 1.165) is 25.9 Å². The van der Waals surface area contributed by atoms with Crippen molar-refractivity contribution in [2.45, 2.75) is 26.1 Å². The lowest BCUT2D eigenvalue weighted by Crippen LogP contribution is -2.38. The van der Waals surface area contributed by atoms with E-state index >= 15 is 0 Å². The largest absolute Gasteiger partial charge is 0.573 e. The molecule has 26 heavy (non-hydrogen) atoms. The number of anilines is 2. The monoisotopic (exact) mass is 385 g/mol. The van der Waals surface area contributed by atoms with Crippen LogP contribution in [-0.2, 0) is 0 Å². The van der Waals surface area contributed by atoms with Gasteiger partial charge in [0.1, 0.15) is 11.4 Å². The van der Waals surface area contributed by atoms with Gasteiger partial charge in [-0.15, -0.1) is 24.5 Å². The molecule has 1 amide bonds. The van der Waals surface area contributed by atoms with Crippen LogP contribution < -0.4 is 10.1 Å². The van der Waals surface area contributed by atoms with Gasteiger partial charge in [0.15, 0.2) is 5.13 Å². The van der Waals surface area contributed by atoms with E-state index < -0.39 is 6.36 Å². The molecule has 1 N–H and O–H groups in total. The summed E-state index contributed by atoms with van der Waals surface area (Å²) in [5.41, 5.74) is 0.934. The fraction of sp³-hybridized carbons (Fsp3) is 0.412. The molecule has 0 radical (unpaired) electrons. The molecule has 0 saturated carbocycles. The topological polar surface area (TPSA) is 54.5 Å². The standard InChI is InChI=1S/C17H18F3N3O2S/c1-11-6-8-23(9-7-11)15(24)14-10-26-16(22-14)21-12-2-4-13(5-3-12)25-17(18,19)20/h2-5,10-11H,6-9H2,1H3,(H,21,22). The first kappa shape index (κ1) is 18.5. The average molecular weight is 385 g/mol. The first-order valence-corrected chi connectivity index (χ1v) is 9.06. The van der Waals surface area contributed by atoms with Crippen LogP contribution >= 0.6 is 11.3 Å². The minimum Gasteiger partial charge on any atom is -0.406 e. The molecule has 140 valence electrons. The molecule has 0 spiro atoms. The van der Waals surface area contributed by atoms with Crippen LogP contribution in [0.15, 0.2) is 29.6 Å². The molecule has 1 aliphatic rings. The Morgan fingerprint density at radius 1 is 1.27 bits per heavy atom. The molecule has 2 heterocycles. The van der Waals surface area contributed by atoms with Gasteiger partial charge >= 0.3 is 6.36 Å². The predicted octanol–water partition coefficient (Wildman–Crippen LogP) is 4.66. The molecule has 1 aromatic carbocycles. The normalized spacial score (nSPS) is 15.8. The quantitative estimate of drug-likeness (QED) is 0.832. The number of aromatic nitrogens is 1. The van der Waals surface area contributed by atoms with Crippen LogP contribution in [0.5, 0.6) is 5.75 Å². The third kappa shape index (κ3) is 4.87. The van der Waals surface area contributed by atoms with Crippen LogP contribution in [0.1, 0.15) is 30.3 Å². The molecule has 2 aromatic rings. The number of ether oxygens (including phenoxy) is 1. The first-order valence-electron chi connectivity index (χ1n) is 8.18. The Morgan fingerprint density at radius 2 is 1.92 bits per heavy atom. The average Bonchev–Trinajstić information content (AvgIpc) is 3.04. The van der Waals surface area contributed by atoms with Gasteiger partial charge in [-0.1, -0.05) is 6.92 Å². The smallest absolute Gasteiger partial charge is 0.406 e. The predicted molar refractivity (Wildman–Crippen MR) is 92.8 cm³/mol. The van der Waals surface area contributed by atoms with E-state index in [4.69, 9.17) is 0 Å². The van der Waals surface area contributed by atoms with E-state index in [-0.39, 0.29) is 11.7 Å². The number of carbonyl (C=O) groups excluding carboxylic acids is 1. The minimum atomic E-state index is -4.72. The number of halogens is 3. The summed E-state index contributed by atoms with van der Waals surface area (Å²) in [6.45, 7) is 3.65. The second-order valence-electron chi connectivity index (χ2n) is 6.21. The van der Waals surface area contributed by atoms with Crippen molar-refractivity contribution in [1.82, 2.24) is 9.88 Å². The van der Waals surface area contributed by atoms with E-state index in [1.165, 1.54) is 35.6 Å². The summed E-state index contributed by atoms with van der Waals surface area (Å²) in [4.78, 5) is 18.6. The van der Waals surface area contributed by atoms with Crippen LogP contribution in [0.25, 0.3) is 0 Å². The summed E-state index contributed by atoms with van der Waals surface area (Å²) < 4.78 is 40.3. The maximum Gasteiger partial charge on any atom is 0.573 e. The fourth-order valence-corrected chi connectivity index (χ4v) is 3.37. The number of amides is 1. The number of thiazole rings is 1. The van der Waals surface area contributed by atoms with Crippen molar-refractivity contribution in [1.29, 1.82) is 0 Å². The molecule has 0 atom stereocenters. The fourth-order valence-electron chi connectivity index (χ4n) is 2.67. The van der Waals surface area contributed by atoms with Gasteiger partial charge < -0.3 is 15.0 Å². The summed E-state index contributed by atoms with van der Waals surface area (Å²) in [7, 11) is 0. The van der Waals surface area contributed by atoms with E-state index in [1.54, 1.807) is 5.38 Å². The number of hydrogen-bond acceptors (Lipinski definition) is 5. The van der Waals surface area contributed by atoms with Gasteiger partial charge in [-0.2, -0.15) is 0 Å². The lowest BCUT2D eigenvalue weighted by molar-refractivity contribution is -0.274. The molecule has 3 rings (SSSR count).